The van der Waals surface area contributed by atoms with Gasteiger partial charge in [-0.05, 0) is 12.8 Å². The summed E-state index contributed by atoms with van der Waals surface area (Å²) in [4.78, 5) is 18.7. The molecule has 0 saturated heterocycles. The highest BCUT2D eigenvalue weighted by Crippen LogP contribution is 2.18. The van der Waals surface area contributed by atoms with E-state index in [1.807, 2.05) is 6.33 Å². The number of amides is 1. The highest BCUT2D eigenvalue weighted by Gasteiger charge is 2.21. The zero-order valence-electron chi connectivity index (χ0n) is 12.3. The van der Waals surface area contributed by atoms with Crippen molar-refractivity contribution in [1.82, 2.24) is 19.8 Å². The molecule has 1 amide bonds. The third-order valence-electron chi connectivity index (χ3n) is 4.56. The largest absolute Gasteiger partial charge is 0.353 e. The summed E-state index contributed by atoms with van der Waals surface area (Å²) in [7, 11) is 2.05. The average Bonchev–Trinajstić information content (AvgIpc) is 3.07. The van der Waals surface area contributed by atoms with Gasteiger partial charge in [0.05, 0.1) is 12.0 Å². The number of nitrogens with zero attached hydrogens (tertiary/aromatic N) is 3. The van der Waals surface area contributed by atoms with E-state index in [4.69, 9.17) is 0 Å². The van der Waals surface area contributed by atoms with Crippen molar-refractivity contribution in [2.24, 2.45) is 7.05 Å². The molecule has 0 spiro atoms. The lowest BCUT2D eigenvalue weighted by atomic mass is 10.1. The number of carbonyl (C=O) groups is 1. The summed E-state index contributed by atoms with van der Waals surface area (Å²) in [6, 6.07) is 0.436. The van der Waals surface area contributed by atoms with E-state index in [0.717, 1.165) is 38.9 Å². The summed E-state index contributed by atoms with van der Waals surface area (Å²) < 4.78 is 2.11. The Bertz CT molecular complexity index is 476. The Hall–Kier alpha value is -1.36. The SMILES string of the molecule is Cn1cnc2c1CCN(CCC(=O)NC1CCCC1)C2. The van der Waals surface area contributed by atoms with E-state index in [-0.39, 0.29) is 5.91 Å². The summed E-state index contributed by atoms with van der Waals surface area (Å²) in [5.41, 5.74) is 2.52. The van der Waals surface area contributed by atoms with Gasteiger partial charge in [-0.1, -0.05) is 12.8 Å². The van der Waals surface area contributed by atoms with Crippen LogP contribution in [0.4, 0.5) is 0 Å². The van der Waals surface area contributed by atoms with Crippen molar-refractivity contribution in [3.63, 3.8) is 0 Å². The standard InChI is InChI=1S/C15H24N4O/c1-18-11-16-13-10-19(8-6-14(13)18)9-7-15(20)17-12-4-2-3-5-12/h11-12H,2-10H2,1H3,(H,17,20). The van der Waals surface area contributed by atoms with Gasteiger partial charge >= 0.3 is 0 Å². The van der Waals surface area contributed by atoms with Gasteiger partial charge in [-0.2, -0.15) is 0 Å². The normalized spacial score (nSPS) is 20.1. The zero-order valence-corrected chi connectivity index (χ0v) is 12.3. The Morgan fingerprint density at radius 1 is 1.45 bits per heavy atom. The third kappa shape index (κ3) is 3.03. The lowest BCUT2D eigenvalue weighted by Crippen LogP contribution is -2.37. The van der Waals surface area contributed by atoms with E-state index in [0.29, 0.717) is 12.5 Å². The highest BCUT2D eigenvalue weighted by molar-refractivity contribution is 5.76. The Morgan fingerprint density at radius 3 is 3.05 bits per heavy atom. The molecule has 1 fully saturated rings. The van der Waals surface area contributed by atoms with Gasteiger partial charge in [-0.25, -0.2) is 4.98 Å². The van der Waals surface area contributed by atoms with E-state index < -0.39 is 0 Å². The predicted molar refractivity (Wildman–Crippen MR) is 77.2 cm³/mol. The van der Waals surface area contributed by atoms with Crippen LogP contribution in [-0.2, 0) is 24.8 Å². The molecule has 1 saturated carbocycles. The number of rotatable bonds is 4. The topological polar surface area (TPSA) is 50.2 Å². The number of aromatic nitrogens is 2. The molecule has 0 radical (unpaired) electrons. The van der Waals surface area contributed by atoms with Gasteiger partial charge < -0.3 is 9.88 Å². The van der Waals surface area contributed by atoms with Gasteiger partial charge in [0.1, 0.15) is 0 Å². The average molecular weight is 276 g/mol. The van der Waals surface area contributed by atoms with Crippen LogP contribution in [-0.4, -0.2) is 39.5 Å². The van der Waals surface area contributed by atoms with Crippen LogP contribution in [0.15, 0.2) is 6.33 Å². The van der Waals surface area contributed by atoms with Crippen LogP contribution in [0.2, 0.25) is 0 Å². The molecule has 1 aromatic rings. The number of carbonyl (C=O) groups excluding carboxylic acids is 1. The second kappa shape index (κ2) is 5.95. The molecule has 0 bridgehead atoms. The lowest BCUT2D eigenvalue weighted by Gasteiger charge is -2.26. The fraction of sp³-hybridized carbons (Fsp3) is 0.733. The van der Waals surface area contributed by atoms with Gasteiger partial charge in [0.25, 0.3) is 0 Å². The molecule has 5 heteroatoms. The first-order valence-electron chi connectivity index (χ1n) is 7.73. The number of nitrogens with one attached hydrogen (secondary N) is 1. The van der Waals surface area contributed by atoms with E-state index >= 15 is 0 Å². The second-order valence-corrected chi connectivity index (χ2v) is 6.07. The van der Waals surface area contributed by atoms with Crippen LogP contribution in [0.5, 0.6) is 0 Å². The van der Waals surface area contributed by atoms with Crippen LogP contribution in [0.25, 0.3) is 0 Å². The fourth-order valence-electron chi connectivity index (χ4n) is 3.33. The minimum atomic E-state index is 0.212. The van der Waals surface area contributed by atoms with E-state index in [1.165, 1.54) is 24.2 Å². The molecule has 3 rings (SSSR count). The molecule has 2 aliphatic rings. The molecule has 1 aliphatic carbocycles. The van der Waals surface area contributed by atoms with E-state index in [9.17, 15) is 4.79 Å². The first kappa shape index (κ1) is 13.6. The van der Waals surface area contributed by atoms with Crippen LogP contribution < -0.4 is 5.32 Å². The Balaban J connectivity index is 1.44. The van der Waals surface area contributed by atoms with Crippen molar-refractivity contribution in [3.05, 3.63) is 17.7 Å². The van der Waals surface area contributed by atoms with E-state index in [1.54, 1.807) is 0 Å². The van der Waals surface area contributed by atoms with Crippen molar-refractivity contribution in [1.29, 1.82) is 0 Å². The minimum absolute atomic E-state index is 0.212. The summed E-state index contributed by atoms with van der Waals surface area (Å²) in [6.07, 6.45) is 8.38. The monoisotopic (exact) mass is 276 g/mol. The Kier molecular flexibility index (Phi) is 4.05. The molecule has 0 atom stereocenters. The van der Waals surface area contributed by atoms with Crippen molar-refractivity contribution < 1.29 is 4.79 Å². The van der Waals surface area contributed by atoms with Gasteiger partial charge in [0.2, 0.25) is 5.91 Å². The zero-order chi connectivity index (χ0) is 13.9. The van der Waals surface area contributed by atoms with Gasteiger partial charge in [-0.15, -0.1) is 0 Å². The smallest absolute Gasteiger partial charge is 0.221 e. The molecule has 20 heavy (non-hydrogen) atoms. The van der Waals surface area contributed by atoms with E-state index in [2.05, 4.69) is 26.8 Å². The van der Waals surface area contributed by atoms with Crippen LogP contribution in [0, 0.1) is 0 Å². The molecule has 0 unspecified atom stereocenters. The van der Waals surface area contributed by atoms with Gasteiger partial charge in [-0.3, -0.25) is 9.69 Å². The molecule has 5 nitrogen and oxygen atoms in total. The Morgan fingerprint density at radius 2 is 2.25 bits per heavy atom. The lowest BCUT2D eigenvalue weighted by molar-refractivity contribution is -0.122. The number of imidazole rings is 1. The first-order valence-corrected chi connectivity index (χ1v) is 7.73. The van der Waals surface area contributed by atoms with Crippen LogP contribution >= 0.6 is 0 Å². The quantitative estimate of drug-likeness (QED) is 0.900. The number of hydrogen-bond acceptors (Lipinski definition) is 3. The summed E-state index contributed by atoms with van der Waals surface area (Å²) in [5.74, 6) is 0.212. The summed E-state index contributed by atoms with van der Waals surface area (Å²) >= 11 is 0. The maximum atomic E-state index is 11.9. The van der Waals surface area contributed by atoms with Gasteiger partial charge in [0, 0.05) is 51.3 Å². The fourth-order valence-corrected chi connectivity index (χ4v) is 3.33. The van der Waals surface area contributed by atoms with Crippen molar-refractivity contribution in [3.8, 4) is 0 Å². The number of aryl methyl sites for hydroxylation is 1. The predicted octanol–water partition coefficient (Wildman–Crippen LogP) is 1.23. The minimum Gasteiger partial charge on any atom is -0.353 e. The number of fused-ring (bicyclic) bond motifs is 1. The number of hydrogen-bond donors (Lipinski definition) is 1. The maximum Gasteiger partial charge on any atom is 0.221 e. The molecule has 110 valence electrons. The third-order valence-corrected chi connectivity index (χ3v) is 4.56. The summed E-state index contributed by atoms with van der Waals surface area (Å²) in [5, 5.41) is 3.16. The highest BCUT2D eigenvalue weighted by atomic mass is 16.1. The molecular weight excluding hydrogens is 252 g/mol. The van der Waals surface area contributed by atoms with Crippen molar-refractivity contribution in [2.45, 2.75) is 51.1 Å². The summed E-state index contributed by atoms with van der Waals surface area (Å²) in [6.45, 7) is 2.75. The van der Waals surface area contributed by atoms with Crippen molar-refractivity contribution >= 4 is 5.91 Å². The van der Waals surface area contributed by atoms with Crippen molar-refractivity contribution in [2.75, 3.05) is 13.1 Å². The molecular formula is C15H24N4O. The molecule has 2 heterocycles. The molecule has 1 aromatic heterocycles. The maximum absolute atomic E-state index is 11.9. The molecule has 0 aromatic carbocycles. The first-order chi connectivity index (χ1) is 9.72. The van der Waals surface area contributed by atoms with Gasteiger partial charge in [0.15, 0.2) is 0 Å². The molecule has 1 aliphatic heterocycles. The van der Waals surface area contributed by atoms with Crippen LogP contribution in [0.1, 0.15) is 43.5 Å². The van der Waals surface area contributed by atoms with Crippen LogP contribution in [0.3, 0.4) is 0 Å². The second-order valence-electron chi connectivity index (χ2n) is 6.07. The Labute approximate surface area is 120 Å². The molecule has 1 N–H and O–H groups in total.